The molecule has 1 aliphatic rings. The Morgan fingerprint density at radius 1 is 1.06 bits per heavy atom. The monoisotopic (exact) mass is 729 g/mol. The van der Waals surface area contributed by atoms with Gasteiger partial charge in [-0.3, -0.25) is 15.1 Å². The van der Waals surface area contributed by atoms with E-state index >= 15 is 0 Å². The Morgan fingerprint density at radius 2 is 1.76 bits per heavy atom. The number of nitrogens with zero attached hydrogens (tertiary/aromatic N) is 6. The van der Waals surface area contributed by atoms with Gasteiger partial charge in [-0.2, -0.15) is 45.6 Å². The van der Waals surface area contributed by atoms with Gasteiger partial charge in [0.25, 0.3) is 5.91 Å². The van der Waals surface area contributed by atoms with Gasteiger partial charge in [-0.15, -0.1) is 0 Å². The molecule has 2 amide bonds. The van der Waals surface area contributed by atoms with Crippen molar-refractivity contribution in [3.63, 3.8) is 0 Å². The van der Waals surface area contributed by atoms with E-state index in [0.717, 1.165) is 17.4 Å². The van der Waals surface area contributed by atoms with E-state index in [2.05, 4.69) is 20.5 Å². The van der Waals surface area contributed by atoms with E-state index in [0.29, 0.717) is 15.8 Å². The lowest BCUT2D eigenvalue weighted by Crippen LogP contribution is -2.50. The number of amides is 2. The number of carbonyl (C=O) groups is 2. The van der Waals surface area contributed by atoms with Gasteiger partial charge in [0, 0.05) is 29.4 Å². The van der Waals surface area contributed by atoms with Crippen molar-refractivity contribution in [2.45, 2.75) is 50.6 Å². The Morgan fingerprint density at radius 3 is 2.34 bits per heavy atom. The van der Waals surface area contributed by atoms with E-state index in [1.54, 1.807) is 6.92 Å². The molecular formula is C30H27ClF7N9O3. The molecule has 1 fully saturated rings. The Balaban J connectivity index is 1.53. The van der Waals surface area contributed by atoms with Crippen LogP contribution in [0.1, 0.15) is 54.8 Å². The maximum absolute atomic E-state index is 14.1. The van der Waals surface area contributed by atoms with Crippen LogP contribution < -0.4 is 10.6 Å². The number of hydrogen-bond donors (Lipinski definition) is 3. The molecule has 0 aliphatic heterocycles. The van der Waals surface area contributed by atoms with E-state index in [9.17, 15) is 40.3 Å². The maximum atomic E-state index is 14.1. The molecule has 1 aliphatic carbocycles. The molecule has 1 saturated carbocycles. The number of aromatic nitrogens is 5. The van der Waals surface area contributed by atoms with Crippen LogP contribution in [0.2, 0.25) is 5.02 Å². The number of carbonyl (C=O) groups excluding carboxylic acids is 2. The number of halogens is 8. The van der Waals surface area contributed by atoms with Crippen molar-refractivity contribution in [1.29, 1.82) is 5.41 Å². The SMILES string of the molecule is CCNC(=N)N(C(=O)c1ccc(-c2cnn(C(F)F)c2)cc1)[C@H](COC(=O)NC1(C(F)(F)F)CC1)c1ccc(Cl)c(-c2ncnn2C(F)F)c1. The normalized spacial score (nSPS) is 14.4. The zero-order valence-electron chi connectivity index (χ0n) is 25.8. The predicted octanol–water partition coefficient (Wildman–Crippen LogP) is 6.80. The van der Waals surface area contributed by atoms with E-state index in [4.69, 9.17) is 21.7 Å². The quantitative estimate of drug-likeness (QED) is 0.0876. The van der Waals surface area contributed by atoms with Gasteiger partial charge in [-0.05, 0) is 55.2 Å². The predicted molar refractivity (Wildman–Crippen MR) is 163 cm³/mol. The lowest BCUT2D eigenvalue weighted by molar-refractivity contribution is -0.164. The molecule has 0 saturated heterocycles. The molecule has 50 heavy (non-hydrogen) atoms. The number of benzene rings is 2. The summed E-state index contributed by atoms with van der Waals surface area (Å²) in [6.07, 6.45) is -3.77. The van der Waals surface area contributed by atoms with Gasteiger partial charge in [-0.25, -0.2) is 14.5 Å². The molecule has 0 radical (unpaired) electrons. The van der Waals surface area contributed by atoms with E-state index in [1.807, 2.05) is 5.32 Å². The minimum Gasteiger partial charge on any atom is -0.447 e. The second-order valence-electron chi connectivity index (χ2n) is 11.0. The fourth-order valence-electron chi connectivity index (χ4n) is 5.01. The molecule has 1 atom stereocenters. The van der Waals surface area contributed by atoms with Crippen LogP contribution in [-0.4, -0.2) is 72.3 Å². The molecule has 5 rings (SSSR count). The van der Waals surface area contributed by atoms with Crippen molar-refractivity contribution in [3.8, 4) is 22.5 Å². The Kier molecular flexibility index (Phi) is 10.4. The van der Waals surface area contributed by atoms with Gasteiger partial charge < -0.3 is 15.4 Å². The molecule has 12 nitrogen and oxygen atoms in total. The van der Waals surface area contributed by atoms with Crippen molar-refractivity contribution >= 4 is 29.6 Å². The third kappa shape index (κ3) is 7.51. The van der Waals surface area contributed by atoms with Crippen LogP contribution in [0.5, 0.6) is 0 Å². The van der Waals surface area contributed by atoms with Crippen LogP contribution in [0.4, 0.5) is 35.5 Å². The molecule has 0 unspecified atom stereocenters. The summed E-state index contributed by atoms with van der Waals surface area (Å²) >= 11 is 6.34. The van der Waals surface area contributed by atoms with Gasteiger partial charge in [0.1, 0.15) is 18.5 Å². The maximum Gasteiger partial charge on any atom is 0.411 e. The standard InChI is InChI=1S/C30H27ClF7N9O3/c1-2-40-27(39)46(24(48)17-5-3-16(4-6-17)19-12-42-45(13-19)25(32)33)22(14-50-28(49)44-29(9-10-29)30(36,37)38)18-7-8-21(31)20(11-18)23-41-15-43-47(23)26(34)35/h3-8,11-13,15,22,25-26H,2,9-10,14H2,1H3,(H2,39,40)(H,44,49)/t22-/m1/s1. The van der Waals surface area contributed by atoms with Gasteiger partial charge in [0.15, 0.2) is 11.8 Å². The van der Waals surface area contributed by atoms with Crippen molar-refractivity contribution in [3.05, 3.63) is 77.3 Å². The van der Waals surface area contributed by atoms with E-state index in [-0.39, 0.29) is 51.6 Å². The summed E-state index contributed by atoms with van der Waals surface area (Å²) in [7, 11) is 0. The Labute approximate surface area is 283 Å². The molecule has 4 aromatic rings. The van der Waals surface area contributed by atoms with Crippen LogP contribution >= 0.6 is 11.6 Å². The van der Waals surface area contributed by atoms with Gasteiger partial charge in [0.2, 0.25) is 0 Å². The largest absolute Gasteiger partial charge is 0.447 e. The number of ether oxygens (including phenoxy) is 1. The molecule has 266 valence electrons. The minimum absolute atomic E-state index is 0.0345. The fraction of sp³-hybridized carbons (Fsp3) is 0.333. The summed E-state index contributed by atoms with van der Waals surface area (Å²) in [5.74, 6) is -1.74. The highest BCUT2D eigenvalue weighted by atomic mass is 35.5. The number of alkyl carbamates (subject to hydrolysis) is 1. The van der Waals surface area contributed by atoms with Crippen molar-refractivity contribution in [2.75, 3.05) is 13.2 Å². The second-order valence-corrected chi connectivity index (χ2v) is 11.4. The third-order valence-electron chi connectivity index (χ3n) is 7.76. The minimum atomic E-state index is -4.75. The lowest BCUT2D eigenvalue weighted by atomic mass is 10.0. The van der Waals surface area contributed by atoms with Crippen LogP contribution in [-0.2, 0) is 4.74 Å². The molecule has 20 heteroatoms. The highest BCUT2D eigenvalue weighted by molar-refractivity contribution is 6.33. The number of nitrogens with one attached hydrogen (secondary N) is 3. The van der Waals surface area contributed by atoms with Crippen molar-refractivity contribution in [1.82, 2.24) is 40.1 Å². The number of alkyl halides is 7. The molecule has 2 aromatic heterocycles. The number of guanidine groups is 1. The fourth-order valence-corrected chi connectivity index (χ4v) is 5.21. The average Bonchev–Trinajstić information content (AvgIpc) is 3.44. The summed E-state index contributed by atoms with van der Waals surface area (Å²) in [4.78, 5) is 31.5. The van der Waals surface area contributed by atoms with Crippen LogP contribution in [0.15, 0.2) is 61.2 Å². The summed E-state index contributed by atoms with van der Waals surface area (Å²) in [6, 6.07) is 7.99. The summed E-state index contributed by atoms with van der Waals surface area (Å²) < 4.78 is 100. The topological polar surface area (TPSA) is 143 Å². The average molecular weight is 730 g/mol. The zero-order valence-corrected chi connectivity index (χ0v) is 26.5. The van der Waals surface area contributed by atoms with E-state index < -0.39 is 55.4 Å². The molecule has 2 aromatic carbocycles. The first-order chi connectivity index (χ1) is 23.7. The first-order valence-corrected chi connectivity index (χ1v) is 15.1. The third-order valence-corrected chi connectivity index (χ3v) is 8.09. The van der Waals surface area contributed by atoms with Crippen LogP contribution in [0, 0.1) is 5.41 Å². The van der Waals surface area contributed by atoms with Gasteiger partial charge >= 0.3 is 25.4 Å². The second kappa shape index (κ2) is 14.3. The summed E-state index contributed by atoms with van der Waals surface area (Å²) in [5.41, 5.74) is -1.79. The molecular weight excluding hydrogens is 703 g/mol. The zero-order chi connectivity index (χ0) is 36.4. The first-order valence-electron chi connectivity index (χ1n) is 14.7. The van der Waals surface area contributed by atoms with Gasteiger partial charge in [0.05, 0.1) is 17.3 Å². The molecule has 0 spiro atoms. The van der Waals surface area contributed by atoms with Crippen LogP contribution in [0.25, 0.3) is 22.5 Å². The first kappa shape index (κ1) is 36.1. The van der Waals surface area contributed by atoms with E-state index in [1.165, 1.54) is 48.7 Å². The highest BCUT2D eigenvalue weighted by Crippen LogP contribution is 2.49. The Hall–Kier alpha value is -5.20. The lowest BCUT2D eigenvalue weighted by Gasteiger charge is -2.32. The summed E-state index contributed by atoms with van der Waals surface area (Å²) in [5, 5.41) is 20.3. The number of rotatable bonds is 11. The van der Waals surface area contributed by atoms with Gasteiger partial charge in [-0.1, -0.05) is 29.8 Å². The molecule has 2 heterocycles. The smallest absolute Gasteiger partial charge is 0.411 e. The highest BCUT2D eigenvalue weighted by Gasteiger charge is 2.64. The van der Waals surface area contributed by atoms with Crippen molar-refractivity contribution < 1.29 is 45.1 Å². The Bertz CT molecular complexity index is 1860. The summed E-state index contributed by atoms with van der Waals surface area (Å²) in [6.45, 7) is -5.06. The molecule has 0 bridgehead atoms. The van der Waals surface area contributed by atoms with Crippen LogP contribution in [0.3, 0.4) is 0 Å². The van der Waals surface area contributed by atoms with Crippen molar-refractivity contribution in [2.24, 2.45) is 0 Å². The molecule has 3 N–H and O–H groups in total. The number of hydrogen-bond acceptors (Lipinski definition) is 7.